The molecule has 128 valence electrons. The van der Waals surface area contributed by atoms with Crippen LogP contribution in [0.3, 0.4) is 0 Å². The molecule has 0 bridgehead atoms. The van der Waals surface area contributed by atoms with Crippen LogP contribution in [0, 0.1) is 0 Å². The number of fused-ring (bicyclic) bond motifs is 2. The number of para-hydroxylation sites is 1. The van der Waals surface area contributed by atoms with Gasteiger partial charge in [-0.2, -0.15) is 13.2 Å². The van der Waals surface area contributed by atoms with Crippen LogP contribution in [0.25, 0.3) is 0 Å². The van der Waals surface area contributed by atoms with E-state index in [1.54, 1.807) is 18.2 Å². The van der Waals surface area contributed by atoms with Crippen LogP contribution in [-0.2, 0) is 6.42 Å². The smallest absolute Gasteiger partial charge is 0.391 e. The van der Waals surface area contributed by atoms with E-state index in [1.807, 2.05) is 24.3 Å². The molecule has 0 amide bonds. The van der Waals surface area contributed by atoms with Crippen molar-refractivity contribution in [3.63, 3.8) is 0 Å². The van der Waals surface area contributed by atoms with Crippen LogP contribution in [-0.4, -0.2) is 29.0 Å². The van der Waals surface area contributed by atoms with Gasteiger partial charge in [0.15, 0.2) is 0 Å². The van der Waals surface area contributed by atoms with Crippen molar-refractivity contribution in [3.05, 3.63) is 59.2 Å². The van der Waals surface area contributed by atoms with E-state index in [4.69, 9.17) is 14.9 Å². The summed E-state index contributed by atoms with van der Waals surface area (Å²) >= 11 is 0. The van der Waals surface area contributed by atoms with Gasteiger partial charge in [0.2, 0.25) is 0 Å². The molecule has 24 heavy (non-hydrogen) atoms. The maximum atomic E-state index is 11.1. The van der Waals surface area contributed by atoms with E-state index in [9.17, 15) is 18.0 Å². The number of hydrogen-bond donors (Lipinski definition) is 2. The Morgan fingerprint density at radius 3 is 2.33 bits per heavy atom. The van der Waals surface area contributed by atoms with E-state index in [1.165, 1.54) is 0 Å². The Balaban J connectivity index is 0.000000256. The van der Waals surface area contributed by atoms with E-state index in [0.717, 1.165) is 16.9 Å². The average Bonchev–Trinajstić information content (AvgIpc) is 2.51. The topological polar surface area (TPSA) is 66.8 Å². The third-order valence-corrected chi connectivity index (χ3v) is 3.32. The third-order valence-electron chi connectivity index (χ3n) is 3.32. The van der Waals surface area contributed by atoms with Crippen LogP contribution in [0.5, 0.6) is 11.5 Å². The second-order valence-electron chi connectivity index (χ2n) is 5.06. The van der Waals surface area contributed by atoms with Crippen LogP contribution >= 0.6 is 0 Å². The number of halogens is 3. The zero-order valence-corrected chi connectivity index (χ0v) is 12.5. The van der Waals surface area contributed by atoms with Crippen molar-refractivity contribution in [2.24, 2.45) is 0 Å². The van der Waals surface area contributed by atoms with Gasteiger partial charge in [0, 0.05) is 12.0 Å². The van der Waals surface area contributed by atoms with Crippen molar-refractivity contribution in [1.82, 2.24) is 0 Å². The van der Waals surface area contributed by atoms with Gasteiger partial charge in [0.05, 0.1) is 18.6 Å². The molecule has 0 unspecified atom stereocenters. The van der Waals surface area contributed by atoms with Gasteiger partial charge in [-0.05, 0) is 23.8 Å². The lowest BCUT2D eigenvalue weighted by Gasteiger charge is -2.21. The van der Waals surface area contributed by atoms with Crippen LogP contribution in [0.4, 0.5) is 13.2 Å². The van der Waals surface area contributed by atoms with E-state index in [2.05, 4.69) is 0 Å². The normalized spacial score (nSPS) is 12.2. The van der Waals surface area contributed by atoms with Gasteiger partial charge >= 0.3 is 12.1 Å². The molecule has 0 saturated heterocycles. The highest BCUT2D eigenvalue weighted by molar-refractivity contribution is 5.90. The number of alkyl halides is 3. The lowest BCUT2D eigenvalue weighted by atomic mass is 9.96. The van der Waals surface area contributed by atoms with Crippen molar-refractivity contribution in [1.29, 1.82) is 0 Å². The quantitative estimate of drug-likeness (QED) is 0.740. The lowest BCUT2D eigenvalue weighted by molar-refractivity contribution is -0.141. The summed E-state index contributed by atoms with van der Waals surface area (Å²) in [4.78, 5) is 11.1. The molecule has 2 N–H and O–H groups in total. The van der Waals surface area contributed by atoms with Gasteiger partial charge in [-0.3, -0.25) is 0 Å². The molecule has 0 saturated carbocycles. The van der Waals surface area contributed by atoms with Gasteiger partial charge in [-0.15, -0.1) is 0 Å². The molecule has 4 nitrogen and oxygen atoms in total. The Morgan fingerprint density at radius 1 is 1.08 bits per heavy atom. The van der Waals surface area contributed by atoms with Crippen molar-refractivity contribution in [2.45, 2.75) is 19.0 Å². The number of hydrogen-bond acceptors (Lipinski definition) is 3. The monoisotopic (exact) mass is 340 g/mol. The van der Waals surface area contributed by atoms with Crippen molar-refractivity contribution in [3.8, 4) is 11.5 Å². The molecule has 1 aliphatic rings. The summed E-state index contributed by atoms with van der Waals surface area (Å²) in [5.74, 6) is 0.538. The van der Waals surface area contributed by atoms with Gasteiger partial charge in [-0.1, -0.05) is 24.3 Å². The molecule has 0 radical (unpaired) electrons. The third kappa shape index (κ3) is 4.48. The van der Waals surface area contributed by atoms with Gasteiger partial charge in [0.1, 0.15) is 11.5 Å². The number of carboxylic acids is 1. The Morgan fingerprint density at radius 2 is 1.75 bits per heavy atom. The highest BCUT2D eigenvalue weighted by atomic mass is 19.4. The maximum absolute atomic E-state index is 11.1. The predicted molar refractivity (Wildman–Crippen MR) is 80.5 cm³/mol. The zero-order valence-electron chi connectivity index (χ0n) is 12.5. The molecule has 0 atom stereocenters. The zero-order chi connectivity index (χ0) is 17.7. The van der Waals surface area contributed by atoms with E-state index >= 15 is 0 Å². The van der Waals surface area contributed by atoms with Gasteiger partial charge in [-0.25, -0.2) is 4.79 Å². The number of benzene rings is 2. The number of carboxylic acid groups (broad SMARTS) is 1. The first kappa shape index (κ1) is 17.8. The van der Waals surface area contributed by atoms with E-state index < -0.39 is 25.2 Å². The summed E-state index contributed by atoms with van der Waals surface area (Å²) in [7, 11) is 0. The SMILES string of the molecule is O=C(O)c1cccc2c1Cc1ccccc1O2.OCCC(F)(F)F. The highest BCUT2D eigenvalue weighted by Crippen LogP contribution is 2.37. The number of carbonyl (C=O) groups is 1. The molecule has 0 aromatic heterocycles. The number of ether oxygens (including phenoxy) is 1. The minimum Gasteiger partial charge on any atom is -0.478 e. The molecule has 1 heterocycles. The summed E-state index contributed by atoms with van der Waals surface area (Å²) in [6.45, 7) is -0.816. The van der Waals surface area contributed by atoms with Crippen molar-refractivity contribution >= 4 is 5.97 Å². The summed E-state index contributed by atoms with van der Waals surface area (Å²) in [5.41, 5.74) is 2.09. The summed E-state index contributed by atoms with van der Waals surface area (Å²) < 4.78 is 38.4. The Hall–Kier alpha value is -2.54. The fourth-order valence-corrected chi connectivity index (χ4v) is 2.23. The molecular weight excluding hydrogens is 325 g/mol. The average molecular weight is 340 g/mol. The van der Waals surface area contributed by atoms with E-state index in [-0.39, 0.29) is 0 Å². The standard InChI is InChI=1S/C14H10O3.C3H5F3O/c15-14(16)10-5-3-7-13-11(10)8-9-4-1-2-6-12(9)17-13;4-3(5,6)1-2-7/h1-7H,8H2,(H,15,16);7H,1-2H2. The summed E-state index contributed by atoms with van der Waals surface area (Å²) in [6, 6.07) is 12.8. The Bertz CT molecular complexity index is 726. The van der Waals surface area contributed by atoms with Crippen LogP contribution in [0.2, 0.25) is 0 Å². The Labute approximate surface area is 136 Å². The fourth-order valence-electron chi connectivity index (χ4n) is 2.23. The largest absolute Gasteiger partial charge is 0.478 e. The summed E-state index contributed by atoms with van der Waals surface area (Å²) in [6.07, 6.45) is -4.70. The Kier molecular flexibility index (Phi) is 5.46. The number of rotatable bonds is 2. The second kappa shape index (κ2) is 7.35. The highest BCUT2D eigenvalue weighted by Gasteiger charge is 2.25. The maximum Gasteiger partial charge on any atom is 0.391 e. The first-order valence-electron chi connectivity index (χ1n) is 7.10. The molecule has 0 spiro atoms. The van der Waals surface area contributed by atoms with Crippen LogP contribution in [0.15, 0.2) is 42.5 Å². The molecule has 0 fully saturated rings. The molecular formula is C17H15F3O4. The predicted octanol–water partition coefficient (Wildman–Crippen LogP) is 4.01. The molecule has 7 heteroatoms. The minimum atomic E-state index is -4.20. The van der Waals surface area contributed by atoms with E-state index in [0.29, 0.717) is 17.7 Å². The second-order valence-corrected chi connectivity index (χ2v) is 5.06. The van der Waals surface area contributed by atoms with Crippen molar-refractivity contribution in [2.75, 3.05) is 6.61 Å². The summed E-state index contributed by atoms with van der Waals surface area (Å²) in [5, 5.41) is 16.8. The van der Waals surface area contributed by atoms with Gasteiger partial charge < -0.3 is 14.9 Å². The molecule has 2 aromatic carbocycles. The first-order valence-corrected chi connectivity index (χ1v) is 7.10. The lowest BCUT2D eigenvalue weighted by Crippen LogP contribution is -2.09. The molecule has 3 rings (SSSR count). The number of aliphatic hydroxyl groups is 1. The molecule has 1 aliphatic heterocycles. The fraction of sp³-hybridized carbons (Fsp3) is 0.235. The molecule has 2 aromatic rings. The van der Waals surface area contributed by atoms with Crippen LogP contribution < -0.4 is 4.74 Å². The number of aliphatic hydroxyl groups excluding tert-OH is 1. The van der Waals surface area contributed by atoms with Crippen molar-refractivity contribution < 1.29 is 32.9 Å². The van der Waals surface area contributed by atoms with Crippen LogP contribution in [0.1, 0.15) is 27.9 Å². The number of aromatic carboxylic acids is 1. The minimum absolute atomic E-state index is 0.317. The molecule has 0 aliphatic carbocycles. The first-order chi connectivity index (χ1) is 11.3. The van der Waals surface area contributed by atoms with Gasteiger partial charge in [0.25, 0.3) is 0 Å².